The van der Waals surface area contributed by atoms with E-state index in [1.165, 1.54) is 12.4 Å². The number of anilines is 2. The smallest absolute Gasteiger partial charge is 0.366 e. The quantitative estimate of drug-likeness (QED) is 0.498. The highest BCUT2D eigenvalue weighted by Gasteiger charge is 2.30. The van der Waals surface area contributed by atoms with Gasteiger partial charge in [-0.15, -0.1) is 0 Å². The minimum atomic E-state index is -4.52. The van der Waals surface area contributed by atoms with Crippen LogP contribution in [0.25, 0.3) is 17.3 Å². The first-order chi connectivity index (χ1) is 13.6. The van der Waals surface area contributed by atoms with Gasteiger partial charge in [0.25, 0.3) is 0 Å². The van der Waals surface area contributed by atoms with E-state index in [-0.39, 0.29) is 11.5 Å². The van der Waals surface area contributed by atoms with Crippen molar-refractivity contribution in [3.8, 4) is 11.3 Å². The van der Waals surface area contributed by atoms with Gasteiger partial charge in [0.05, 0.1) is 23.3 Å². The SMILES string of the molecule is Cn1cnc(-c2cc(C=CC(N)=O)cc(F)c2Nc2ccc(C(F)(F)F)cn2)c1. The number of amides is 1. The van der Waals surface area contributed by atoms with Gasteiger partial charge in [0.15, 0.2) is 0 Å². The molecular formula is C19H15F4N5O. The highest BCUT2D eigenvalue weighted by Crippen LogP contribution is 2.34. The normalized spacial score (nSPS) is 11.8. The molecule has 0 aliphatic carbocycles. The molecule has 3 rings (SSSR count). The van der Waals surface area contributed by atoms with Gasteiger partial charge in [0.2, 0.25) is 5.91 Å². The largest absolute Gasteiger partial charge is 0.417 e. The van der Waals surface area contributed by atoms with E-state index < -0.39 is 23.5 Å². The number of halogens is 4. The molecule has 0 radical (unpaired) electrons. The van der Waals surface area contributed by atoms with Gasteiger partial charge in [-0.2, -0.15) is 13.2 Å². The Bertz CT molecular complexity index is 1070. The number of aryl methyl sites for hydroxylation is 1. The average Bonchev–Trinajstić information content (AvgIpc) is 3.07. The van der Waals surface area contributed by atoms with E-state index >= 15 is 0 Å². The summed E-state index contributed by atoms with van der Waals surface area (Å²) in [6, 6.07) is 4.67. The molecule has 0 aliphatic rings. The monoisotopic (exact) mass is 405 g/mol. The third-order valence-electron chi connectivity index (χ3n) is 3.88. The standard InChI is InChI=1S/C19H15F4N5O/c1-28-9-15(26-10-28)13-6-11(2-4-16(24)29)7-14(20)18(13)27-17-5-3-12(8-25-17)19(21,22)23/h2-10H,1H3,(H2,24,29)(H,25,27). The summed E-state index contributed by atoms with van der Waals surface area (Å²) in [5.41, 5.74) is 5.23. The molecule has 29 heavy (non-hydrogen) atoms. The topological polar surface area (TPSA) is 85.8 Å². The highest BCUT2D eigenvalue weighted by molar-refractivity contribution is 5.91. The summed E-state index contributed by atoms with van der Waals surface area (Å²) in [5, 5.41) is 2.70. The predicted octanol–water partition coefficient (Wildman–Crippen LogP) is 3.88. The molecule has 0 spiro atoms. The highest BCUT2D eigenvalue weighted by atomic mass is 19.4. The summed E-state index contributed by atoms with van der Waals surface area (Å²) in [4.78, 5) is 18.8. The van der Waals surface area contributed by atoms with Gasteiger partial charge in [0.1, 0.15) is 11.6 Å². The number of benzene rings is 1. The first-order valence-electron chi connectivity index (χ1n) is 8.23. The maximum Gasteiger partial charge on any atom is 0.417 e. The number of aromatic nitrogens is 3. The van der Waals surface area contributed by atoms with E-state index in [0.29, 0.717) is 23.0 Å². The van der Waals surface area contributed by atoms with E-state index in [9.17, 15) is 22.4 Å². The van der Waals surface area contributed by atoms with Crippen LogP contribution in [0.3, 0.4) is 0 Å². The molecule has 150 valence electrons. The van der Waals surface area contributed by atoms with E-state index in [0.717, 1.165) is 24.3 Å². The van der Waals surface area contributed by atoms with E-state index in [2.05, 4.69) is 15.3 Å². The van der Waals surface area contributed by atoms with Crippen LogP contribution >= 0.6 is 0 Å². The second-order valence-electron chi connectivity index (χ2n) is 6.14. The van der Waals surface area contributed by atoms with Crippen molar-refractivity contribution in [1.29, 1.82) is 0 Å². The van der Waals surface area contributed by atoms with Gasteiger partial charge in [-0.05, 0) is 35.9 Å². The molecule has 2 aromatic heterocycles. The van der Waals surface area contributed by atoms with Crippen molar-refractivity contribution in [2.45, 2.75) is 6.18 Å². The molecule has 2 heterocycles. The first-order valence-corrected chi connectivity index (χ1v) is 8.23. The van der Waals surface area contributed by atoms with Crippen molar-refractivity contribution in [2.24, 2.45) is 12.8 Å². The Kier molecular flexibility index (Phi) is 5.35. The van der Waals surface area contributed by atoms with Crippen LogP contribution in [0.4, 0.5) is 29.1 Å². The fraction of sp³-hybridized carbons (Fsp3) is 0.105. The Hall–Kier alpha value is -3.69. The minimum Gasteiger partial charge on any atom is -0.366 e. The van der Waals surface area contributed by atoms with Crippen molar-refractivity contribution in [1.82, 2.24) is 14.5 Å². The Balaban J connectivity index is 2.04. The van der Waals surface area contributed by atoms with Crippen LogP contribution in [0.15, 0.2) is 49.1 Å². The summed E-state index contributed by atoms with van der Waals surface area (Å²) in [5.74, 6) is -1.38. The van der Waals surface area contributed by atoms with Crippen LogP contribution in [0.5, 0.6) is 0 Å². The molecule has 0 saturated heterocycles. The predicted molar refractivity (Wildman–Crippen MR) is 99.4 cm³/mol. The number of pyridine rings is 1. The Labute approximate surface area is 162 Å². The molecule has 0 aliphatic heterocycles. The Morgan fingerprint density at radius 3 is 2.55 bits per heavy atom. The molecule has 0 fully saturated rings. The number of alkyl halides is 3. The number of imidazole rings is 1. The van der Waals surface area contributed by atoms with Crippen LogP contribution in [0.1, 0.15) is 11.1 Å². The van der Waals surface area contributed by atoms with Crippen molar-refractivity contribution in [3.05, 3.63) is 66.0 Å². The van der Waals surface area contributed by atoms with Crippen LogP contribution in [-0.4, -0.2) is 20.4 Å². The second-order valence-corrected chi connectivity index (χ2v) is 6.14. The molecule has 3 N–H and O–H groups in total. The van der Waals surface area contributed by atoms with Gasteiger partial charge in [-0.1, -0.05) is 0 Å². The first kappa shape index (κ1) is 20.1. The van der Waals surface area contributed by atoms with Gasteiger partial charge in [-0.3, -0.25) is 4.79 Å². The third-order valence-corrected chi connectivity index (χ3v) is 3.88. The van der Waals surface area contributed by atoms with Crippen molar-refractivity contribution in [2.75, 3.05) is 5.32 Å². The lowest BCUT2D eigenvalue weighted by Gasteiger charge is -2.13. The lowest BCUT2D eigenvalue weighted by Crippen LogP contribution is -2.06. The van der Waals surface area contributed by atoms with Gasteiger partial charge in [-0.25, -0.2) is 14.4 Å². The molecule has 3 aromatic rings. The molecule has 0 atom stereocenters. The minimum absolute atomic E-state index is 0.0211. The maximum atomic E-state index is 14.8. The maximum absolute atomic E-state index is 14.8. The molecule has 0 bridgehead atoms. The zero-order valence-electron chi connectivity index (χ0n) is 15.0. The van der Waals surface area contributed by atoms with Crippen LogP contribution in [0.2, 0.25) is 0 Å². The number of carbonyl (C=O) groups excluding carboxylic acids is 1. The fourth-order valence-corrected chi connectivity index (χ4v) is 2.55. The van der Waals surface area contributed by atoms with Gasteiger partial charge < -0.3 is 15.6 Å². The fourth-order valence-electron chi connectivity index (χ4n) is 2.55. The summed E-state index contributed by atoms with van der Waals surface area (Å²) >= 11 is 0. The average molecular weight is 405 g/mol. The van der Waals surface area contributed by atoms with Crippen LogP contribution in [-0.2, 0) is 18.0 Å². The molecular weight excluding hydrogens is 390 g/mol. The zero-order valence-corrected chi connectivity index (χ0v) is 15.0. The Morgan fingerprint density at radius 2 is 2.00 bits per heavy atom. The van der Waals surface area contributed by atoms with Crippen molar-refractivity contribution < 1.29 is 22.4 Å². The van der Waals surface area contributed by atoms with Crippen molar-refractivity contribution >= 4 is 23.5 Å². The number of nitrogens with two attached hydrogens (primary N) is 1. The van der Waals surface area contributed by atoms with Crippen LogP contribution < -0.4 is 11.1 Å². The number of carbonyl (C=O) groups is 1. The Morgan fingerprint density at radius 1 is 1.24 bits per heavy atom. The van der Waals surface area contributed by atoms with E-state index in [1.807, 2.05) is 0 Å². The lowest BCUT2D eigenvalue weighted by atomic mass is 10.0. The molecule has 10 heteroatoms. The number of hydrogen-bond acceptors (Lipinski definition) is 4. The number of rotatable bonds is 5. The summed E-state index contributed by atoms with van der Waals surface area (Å²) in [6.07, 6.45) is 1.72. The number of nitrogens with zero attached hydrogens (tertiary/aromatic N) is 3. The third kappa shape index (κ3) is 4.78. The number of nitrogens with one attached hydrogen (secondary N) is 1. The molecule has 1 amide bonds. The summed E-state index contributed by atoms with van der Waals surface area (Å²) in [6.45, 7) is 0. The van der Waals surface area contributed by atoms with Gasteiger partial charge in [0, 0.05) is 31.1 Å². The zero-order chi connectivity index (χ0) is 21.2. The van der Waals surface area contributed by atoms with Crippen molar-refractivity contribution in [3.63, 3.8) is 0 Å². The lowest BCUT2D eigenvalue weighted by molar-refractivity contribution is -0.137. The number of hydrogen-bond donors (Lipinski definition) is 2. The second kappa shape index (κ2) is 7.74. The van der Waals surface area contributed by atoms with Crippen LogP contribution in [0, 0.1) is 5.82 Å². The molecule has 0 unspecified atom stereocenters. The van der Waals surface area contributed by atoms with E-state index in [1.54, 1.807) is 23.9 Å². The molecule has 1 aromatic carbocycles. The molecule has 0 saturated carbocycles. The number of primary amides is 1. The summed E-state index contributed by atoms with van der Waals surface area (Å²) in [7, 11) is 1.73. The van der Waals surface area contributed by atoms with Gasteiger partial charge >= 0.3 is 6.18 Å². The summed E-state index contributed by atoms with van der Waals surface area (Å²) < 4.78 is 54.6. The van der Waals surface area contributed by atoms with E-state index in [4.69, 9.17) is 5.73 Å². The molecule has 6 nitrogen and oxygen atoms in total.